The third kappa shape index (κ3) is 3.65. The van der Waals surface area contributed by atoms with E-state index in [1.807, 2.05) is 30.3 Å². The van der Waals surface area contributed by atoms with Crippen molar-refractivity contribution >= 4 is 34.1 Å². The van der Waals surface area contributed by atoms with E-state index in [1.54, 1.807) is 30.5 Å². The topological polar surface area (TPSA) is 78.7 Å². The number of benzene rings is 2. The number of nitrogens with one attached hydrogen (secondary N) is 1. The van der Waals surface area contributed by atoms with Gasteiger partial charge in [0.25, 0.3) is 0 Å². The molecule has 112 valence electrons. The maximum atomic E-state index is 12.1. The predicted octanol–water partition coefficient (Wildman–Crippen LogP) is 3.23. The number of thioether (sulfide) groups is 1. The molecule has 0 aliphatic carbocycles. The quantitative estimate of drug-likeness (QED) is 0.747. The van der Waals surface area contributed by atoms with Crippen molar-refractivity contribution in [2.24, 2.45) is 0 Å². The van der Waals surface area contributed by atoms with Crippen LogP contribution in [0.2, 0.25) is 0 Å². The van der Waals surface area contributed by atoms with Gasteiger partial charge in [0.2, 0.25) is 5.91 Å². The largest absolute Gasteiger partial charge is 0.325 e. The summed E-state index contributed by atoms with van der Waals surface area (Å²) in [6.07, 6.45) is 1.70. The summed E-state index contributed by atoms with van der Waals surface area (Å²) in [4.78, 5) is 12.1. The van der Waals surface area contributed by atoms with Crippen LogP contribution in [0.3, 0.4) is 0 Å². The lowest BCUT2D eigenvalue weighted by Gasteiger charge is -2.06. The zero-order chi connectivity index (χ0) is 16.1. The van der Waals surface area contributed by atoms with Crippen LogP contribution in [0.5, 0.6) is 0 Å². The number of amides is 1. The Balaban J connectivity index is 1.68. The maximum absolute atomic E-state index is 12.1. The minimum Gasteiger partial charge on any atom is -0.325 e. The van der Waals surface area contributed by atoms with E-state index in [2.05, 4.69) is 15.5 Å². The van der Waals surface area contributed by atoms with Crippen molar-refractivity contribution in [1.29, 1.82) is 5.26 Å². The molecular weight excluding hydrogens is 308 g/mol. The fourth-order valence-electron chi connectivity index (χ4n) is 2.11. The van der Waals surface area contributed by atoms with Gasteiger partial charge in [-0.3, -0.25) is 4.79 Å². The second kappa shape index (κ2) is 6.90. The van der Waals surface area contributed by atoms with Crippen molar-refractivity contribution in [3.05, 3.63) is 60.3 Å². The first kappa shape index (κ1) is 15.0. The second-order valence-electron chi connectivity index (χ2n) is 4.77. The van der Waals surface area contributed by atoms with Crippen molar-refractivity contribution in [3.8, 4) is 6.07 Å². The van der Waals surface area contributed by atoms with Crippen molar-refractivity contribution in [2.75, 3.05) is 11.1 Å². The van der Waals surface area contributed by atoms with E-state index in [9.17, 15) is 4.79 Å². The SMILES string of the molecule is N#Cc1cccc(NC(=O)CSc2nncc3ccccc23)c1. The molecule has 0 saturated carbocycles. The van der Waals surface area contributed by atoms with Crippen LogP contribution in [0.4, 0.5) is 5.69 Å². The lowest BCUT2D eigenvalue weighted by atomic mass is 10.2. The Labute approximate surface area is 137 Å². The van der Waals surface area contributed by atoms with E-state index in [0.717, 1.165) is 15.8 Å². The molecule has 0 unspecified atom stereocenters. The Morgan fingerprint density at radius 2 is 2.09 bits per heavy atom. The van der Waals surface area contributed by atoms with E-state index in [0.29, 0.717) is 11.3 Å². The zero-order valence-electron chi connectivity index (χ0n) is 12.1. The van der Waals surface area contributed by atoms with Gasteiger partial charge in [0.05, 0.1) is 23.6 Å². The molecule has 0 aliphatic rings. The molecule has 0 aliphatic heterocycles. The summed E-state index contributed by atoms with van der Waals surface area (Å²) < 4.78 is 0. The highest BCUT2D eigenvalue weighted by Crippen LogP contribution is 2.24. The predicted molar refractivity (Wildman–Crippen MR) is 90.0 cm³/mol. The Hall–Kier alpha value is -2.91. The standard InChI is InChI=1S/C17H12N4OS/c18-9-12-4-3-6-14(8-12)20-16(22)11-23-17-15-7-2-1-5-13(15)10-19-21-17/h1-8,10H,11H2,(H,20,22). The first-order valence-electron chi connectivity index (χ1n) is 6.89. The molecular formula is C17H12N4OS. The normalized spacial score (nSPS) is 10.2. The molecule has 5 nitrogen and oxygen atoms in total. The molecule has 0 bridgehead atoms. The highest BCUT2D eigenvalue weighted by molar-refractivity contribution is 8.00. The number of anilines is 1. The number of carbonyl (C=O) groups excluding carboxylic acids is 1. The van der Waals surface area contributed by atoms with Gasteiger partial charge in [-0.1, -0.05) is 42.1 Å². The number of rotatable bonds is 4. The van der Waals surface area contributed by atoms with E-state index >= 15 is 0 Å². The van der Waals surface area contributed by atoms with Crippen molar-refractivity contribution < 1.29 is 4.79 Å². The van der Waals surface area contributed by atoms with E-state index in [4.69, 9.17) is 5.26 Å². The Bertz CT molecular complexity index is 899. The molecule has 6 heteroatoms. The van der Waals surface area contributed by atoms with Gasteiger partial charge in [-0.15, -0.1) is 5.10 Å². The lowest BCUT2D eigenvalue weighted by molar-refractivity contribution is -0.113. The maximum Gasteiger partial charge on any atom is 0.234 e. The Morgan fingerprint density at radius 1 is 1.22 bits per heavy atom. The average molecular weight is 320 g/mol. The molecule has 1 aromatic heterocycles. The number of nitriles is 1. The van der Waals surface area contributed by atoms with Gasteiger partial charge >= 0.3 is 0 Å². The number of hydrogen-bond donors (Lipinski definition) is 1. The summed E-state index contributed by atoms with van der Waals surface area (Å²) >= 11 is 1.34. The highest BCUT2D eigenvalue weighted by Gasteiger charge is 2.08. The smallest absolute Gasteiger partial charge is 0.234 e. The summed E-state index contributed by atoms with van der Waals surface area (Å²) in [5.41, 5.74) is 1.12. The summed E-state index contributed by atoms with van der Waals surface area (Å²) in [6.45, 7) is 0. The van der Waals surface area contributed by atoms with E-state index < -0.39 is 0 Å². The van der Waals surface area contributed by atoms with Crippen LogP contribution >= 0.6 is 11.8 Å². The highest BCUT2D eigenvalue weighted by atomic mass is 32.2. The lowest BCUT2D eigenvalue weighted by Crippen LogP contribution is -2.14. The van der Waals surface area contributed by atoms with Crippen LogP contribution in [-0.4, -0.2) is 21.9 Å². The van der Waals surface area contributed by atoms with Crippen LogP contribution in [0.15, 0.2) is 59.8 Å². The molecule has 0 fully saturated rings. The molecule has 23 heavy (non-hydrogen) atoms. The molecule has 2 aromatic carbocycles. The van der Waals surface area contributed by atoms with Crippen LogP contribution in [0.1, 0.15) is 5.56 Å². The molecule has 1 N–H and O–H groups in total. The van der Waals surface area contributed by atoms with Crippen molar-refractivity contribution in [3.63, 3.8) is 0 Å². The van der Waals surface area contributed by atoms with Gasteiger partial charge in [0.15, 0.2) is 0 Å². The van der Waals surface area contributed by atoms with Crippen LogP contribution in [-0.2, 0) is 4.79 Å². The summed E-state index contributed by atoms with van der Waals surface area (Å²) in [5, 5.41) is 22.4. The van der Waals surface area contributed by atoms with Crippen LogP contribution in [0, 0.1) is 11.3 Å². The summed E-state index contributed by atoms with van der Waals surface area (Å²) in [6, 6.07) is 16.6. The average Bonchev–Trinajstić information content (AvgIpc) is 2.60. The van der Waals surface area contributed by atoms with Gasteiger partial charge in [0.1, 0.15) is 5.03 Å². The molecule has 0 radical (unpaired) electrons. The van der Waals surface area contributed by atoms with E-state index in [-0.39, 0.29) is 11.7 Å². The summed E-state index contributed by atoms with van der Waals surface area (Å²) in [5.74, 6) is 0.0688. The molecule has 1 amide bonds. The third-order valence-corrected chi connectivity index (χ3v) is 4.13. The monoisotopic (exact) mass is 320 g/mol. The molecule has 1 heterocycles. The molecule has 0 saturated heterocycles. The van der Waals surface area contributed by atoms with Crippen molar-refractivity contribution in [2.45, 2.75) is 5.03 Å². The third-order valence-electron chi connectivity index (χ3n) is 3.15. The number of fused-ring (bicyclic) bond motifs is 1. The molecule has 3 rings (SSSR count). The fourth-order valence-corrected chi connectivity index (χ4v) is 2.89. The Morgan fingerprint density at radius 3 is 2.96 bits per heavy atom. The van der Waals surface area contributed by atoms with Gasteiger partial charge < -0.3 is 5.32 Å². The minimum absolute atomic E-state index is 0.153. The summed E-state index contributed by atoms with van der Waals surface area (Å²) in [7, 11) is 0. The first-order chi connectivity index (χ1) is 11.3. The van der Waals surface area contributed by atoms with E-state index in [1.165, 1.54) is 11.8 Å². The first-order valence-corrected chi connectivity index (χ1v) is 7.88. The fraction of sp³-hybridized carbons (Fsp3) is 0.0588. The number of carbonyl (C=O) groups is 1. The zero-order valence-corrected chi connectivity index (χ0v) is 12.9. The van der Waals surface area contributed by atoms with Crippen LogP contribution in [0.25, 0.3) is 10.8 Å². The number of hydrogen-bond acceptors (Lipinski definition) is 5. The molecule has 0 spiro atoms. The van der Waals surface area contributed by atoms with Gasteiger partial charge in [-0.2, -0.15) is 10.4 Å². The van der Waals surface area contributed by atoms with Gasteiger partial charge in [-0.05, 0) is 18.2 Å². The molecule has 0 atom stereocenters. The van der Waals surface area contributed by atoms with Gasteiger partial charge in [-0.25, -0.2) is 0 Å². The number of nitrogens with zero attached hydrogens (tertiary/aromatic N) is 3. The van der Waals surface area contributed by atoms with Crippen molar-refractivity contribution in [1.82, 2.24) is 10.2 Å². The van der Waals surface area contributed by atoms with Gasteiger partial charge in [0, 0.05) is 16.5 Å². The van der Waals surface area contributed by atoms with Crippen LogP contribution < -0.4 is 5.32 Å². The number of aromatic nitrogens is 2. The minimum atomic E-state index is -0.153. The molecule has 3 aromatic rings. The second-order valence-corrected chi connectivity index (χ2v) is 5.73. The Kier molecular flexibility index (Phi) is 4.50.